The number of rotatable bonds is 1. The van der Waals surface area contributed by atoms with E-state index in [-0.39, 0.29) is 5.91 Å². The molecule has 16 heavy (non-hydrogen) atoms. The molecule has 3 rings (SSSR count). The van der Waals surface area contributed by atoms with Crippen molar-refractivity contribution in [3.05, 3.63) is 24.2 Å². The van der Waals surface area contributed by atoms with Crippen LogP contribution in [0, 0.1) is 0 Å². The smallest absolute Gasteiger partial charge is 0.253 e. The summed E-state index contributed by atoms with van der Waals surface area (Å²) in [5.41, 5.74) is 1.46. The van der Waals surface area contributed by atoms with Crippen LogP contribution in [0.5, 0.6) is 0 Å². The summed E-state index contributed by atoms with van der Waals surface area (Å²) >= 11 is 0. The van der Waals surface area contributed by atoms with Crippen molar-refractivity contribution in [2.75, 3.05) is 12.4 Å². The number of amides is 1. The van der Waals surface area contributed by atoms with Crippen molar-refractivity contribution in [3.8, 4) is 0 Å². The van der Waals surface area contributed by atoms with Gasteiger partial charge in [-0.05, 0) is 0 Å². The summed E-state index contributed by atoms with van der Waals surface area (Å²) in [4.78, 5) is 22.6. The molecule has 0 bridgehead atoms. The number of anilines is 1. The third kappa shape index (κ3) is 1.10. The number of nitrogens with zero attached hydrogens (tertiary/aromatic N) is 2. The average molecular weight is 216 g/mol. The molecule has 6 nitrogen and oxygen atoms in total. The second-order valence-electron chi connectivity index (χ2n) is 3.35. The lowest BCUT2D eigenvalue weighted by molar-refractivity contribution is -0.111. The molecule has 3 heterocycles. The molecule has 0 aromatic carbocycles. The molecule has 1 aliphatic rings. The number of methoxy groups -OCH3 is 1. The van der Waals surface area contributed by atoms with Crippen LogP contribution in [0.1, 0.15) is 5.56 Å². The number of hydrogen-bond donors (Lipinski definition) is 2. The topological polar surface area (TPSA) is 79.9 Å². The van der Waals surface area contributed by atoms with Gasteiger partial charge in [0, 0.05) is 17.8 Å². The molecule has 2 N–H and O–H groups in total. The molecule has 0 fully saturated rings. The molecule has 0 aliphatic carbocycles. The number of nitrogens with one attached hydrogen (secondary N) is 2. The van der Waals surface area contributed by atoms with E-state index in [1.54, 1.807) is 6.20 Å². The summed E-state index contributed by atoms with van der Waals surface area (Å²) in [5, 5.41) is 3.44. The minimum absolute atomic E-state index is 0.256. The zero-order valence-corrected chi connectivity index (χ0v) is 8.44. The van der Waals surface area contributed by atoms with Crippen LogP contribution in [0.3, 0.4) is 0 Å². The molecule has 2 aromatic heterocycles. The fourth-order valence-electron chi connectivity index (χ4n) is 1.77. The average Bonchev–Trinajstić information content (AvgIpc) is 2.64. The Kier molecular flexibility index (Phi) is 1.70. The number of aromatic nitrogens is 3. The molecule has 0 saturated carbocycles. The van der Waals surface area contributed by atoms with Gasteiger partial charge >= 0.3 is 0 Å². The number of aromatic amines is 1. The molecule has 80 valence electrons. The van der Waals surface area contributed by atoms with E-state index in [1.165, 1.54) is 19.5 Å². The van der Waals surface area contributed by atoms with Crippen molar-refractivity contribution in [1.29, 1.82) is 0 Å². The predicted molar refractivity (Wildman–Crippen MR) is 57.5 cm³/mol. The normalized spacial score (nSPS) is 14.3. The standard InChI is InChI=1S/C10H8N4O2/c1-16-6-2-7(15)14-10-8-5(6)3-11-9(8)12-4-13-10/h2-4H,1H3,(H2,11,12,13,14,15). The van der Waals surface area contributed by atoms with Crippen molar-refractivity contribution in [3.63, 3.8) is 0 Å². The van der Waals surface area contributed by atoms with E-state index in [4.69, 9.17) is 4.74 Å². The van der Waals surface area contributed by atoms with E-state index in [2.05, 4.69) is 20.3 Å². The predicted octanol–water partition coefficient (Wildman–Crippen LogP) is 0.897. The Morgan fingerprint density at radius 3 is 3.06 bits per heavy atom. The molecule has 1 amide bonds. The summed E-state index contributed by atoms with van der Waals surface area (Å²) in [5.74, 6) is 0.736. The van der Waals surface area contributed by atoms with Crippen LogP contribution in [0.2, 0.25) is 0 Å². The Hall–Kier alpha value is -2.37. The molecule has 2 aromatic rings. The number of carbonyl (C=O) groups excluding carboxylic acids is 1. The van der Waals surface area contributed by atoms with Gasteiger partial charge in [-0.3, -0.25) is 4.79 Å². The zero-order chi connectivity index (χ0) is 11.1. The van der Waals surface area contributed by atoms with E-state index in [1.807, 2.05) is 0 Å². The molecule has 0 unspecified atom stereocenters. The highest BCUT2D eigenvalue weighted by Crippen LogP contribution is 2.31. The zero-order valence-electron chi connectivity index (χ0n) is 8.44. The molecule has 6 heteroatoms. The minimum Gasteiger partial charge on any atom is -0.496 e. The maximum absolute atomic E-state index is 11.5. The van der Waals surface area contributed by atoms with Gasteiger partial charge in [-0.1, -0.05) is 0 Å². The molecule has 0 spiro atoms. The maximum Gasteiger partial charge on any atom is 0.253 e. The SMILES string of the molecule is COC1=CC(=O)Nc2ncnc3[nH]cc1c23. The maximum atomic E-state index is 11.5. The van der Waals surface area contributed by atoms with E-state index in [0.29, 0.717) is 17.2 Å². The number of ether oxygens (including phenoxy) is 1. The van der Waals surface area contributed by atoms with Gasteiger partial charge in [0.2, 0.25) is 0 Å². The third-order valence-corrected chi connectivity index (χ3v) is 2.46. The van der Waals surface area contributed by atoms with E-state index in [0.717, 1.165) is 10.9 Å². The van der Waals surface area contributed by atoms with E-state index < -0.39 is 0 Å². The molecule has 1 aliphatic heterocycles. The van der Waals surface area contributed by atoms with Crippen LogP contribution in [0.15, 0.2) is 18.6 Å². The summed E-state index contributed by atoms with van der Waals surface area (Å²) < 4.78 is 5.17. The summed E-state index contributed by atoms with van der Waals surface area (Å²) in [6.45, 7) is 0. The minimum atomic E-state index is -0.256. The number of carbonyl (C=O) groups is 1. The van der Waals surface area contributed by atoms with Crippen molar-refractivity contribution < 1.29 is 9.53 Å². The summed E-state index contributed by atoms with van der Waals surface area (Å²) in [6, 6.07) is 0. The van der Waals surface area contributed by atoms with Gasteiger partial charge in [0.15, 0.2) is 0 Å². The largest absolute Gasteiger partial charge is 0.496 e. The molecule has 0 atom stereocenters. The fourth-order valence-corrected chi connectivity index (χ4v) is 1.77. The van der Waals surface area contributed by atoms with Crippen LogP contribution < -0.4 is 5.32 Å². The van der Waals surface area contributed by atoms with Crippen LogP contribution >= 0.6 is 0 Å². The number of hydrogen-bond acceptors (Lipinski definition) is 4. The van der Waals surface area contributed by atoms with Gasteiger partial charge in [0.25, 0.3) is 5.91 Å². The summed E-state index contributed by atoms with van der Waals surface area (Å²) in [6.07, 6.45) is 4.54. The molecular formula is C10H8N4O2. The first-order valence-corrected chi connectivity index (χ1v) is 4.68. The van der Waals surface area contributed by atoms with E-state index >= 15 is 0 Å². The van der Waals surface area contributed by atoms with Crippen molar-refractivity contribution in [2.45, 2.75) is 0 Å². The lowest BCUT2D eigenvalue weighted by Gasteiger charge is -2.01. The lowest BCUT2D eigenvalue weighted by atomic mass is 10.2. The molecule has 0 saturated heterocycles. The van der Waals surface area contributed by atoms with Gasteiger partial charge in [0.1, 0.15) is 23.6 Å². The number of H-pyrrole nitrogens is 1. The highest BCUT2D eigenvalue weighted by molar-refractivity contribution is 6.12. The Morgan fingerprint density at radius 2 is 2.25 bits per heavy atom. The van der Waals surface area contributed by atoms with Gasteiger partial charge in [0.05, 0.1) is 12.5 Å². The van der Waals surface area contributed by atoms with Crippen LogP contribution in [-0.4, -0.2) is 28.0 Å². The Bertz CT molecular complexity index is 614. The van der Waals surface area contributed by atoms with Gasteiger partial charge < -0.3 is 15.0 Å². The fraction of sp³-hybridized carbons (Fsp3) is 0.100. The molecule has 0 radical (unpaired) electrons. The van der Waals surface area contributed by atoms with Crippen molar-refractivity contribution in [1.82, 2.24) is 15.0 Å². The van der Waals surface area contributed by atoms with Crippen molar-refractivity contribution >= 4 is 28.5 Å². The van der Waals surface area contributed by atoms with Gasteiger partial charge in [-0.25, -0.2) is 9.97 Å². The monoisotopic (exact) mass is 216 g/mol. The Labute approximate surface area is 90.4 Å². The summed E-state index contributed by atoms with van der Waals surface area (Å²) in [7, 11) is 1.52. The van der Waals surface area contributed by atoms with Crippen molar-refractivity contribution in [2.24, 2.45) is 0 Å². The van der Waals surface area contributed by atoms with Crippen LogP contribution in [-0.2, 0) is 9.53 Å². The van der Waals surface area contributed by atoms with Gasteiger partial charge in [-0.2, -0.15) is 0 Å². The quantitative estimate of drug-likeness (QED) is 0.742. The first kappa shape index (κ1) is 8.90. The molecular weight excluding hydrogens is 208 g/mol. The van der Waals surface area contributed by atoms with Crippen LogP contribution in [0.25, 0.3) is 16.8 Å². The van der Waals surface area contributed by atoms with E-state index in [9.17, 15) is 4.79 Å². The Morgan fingerprint density at radius 1 is 1.38 bits per heavy atom. The second-order valence-corrected chi connectivity index (χ2v) is 3.35. The first-order valence-electron chi connectivity index (χ1n) is 4.68. The first-order chi connectivity index (χ1) is 7.79. The second kappa shape index (κ2) is 3.06. The van der Waals surface area contributed by atoms with Crippen LogP contribution in [0.4, 0.5) is 5.82 Å². The highest BCUT2D eigenvalue weighted by Gasteiger charge is 2.20. The Balaban J connectivity index is 2.40. The third-order valence-electron chi connectivity index (χ3n) is 2.46. The highest BCUT2D eigenvalue weighted by atomic mass is 16.5. The van der Waals surface area contributed by atoms with Gasteiger partial charge in [-0.15, -0.1) is 0 Å². The lowest BCUT2D eigenvalue weighted by Crippen LogP contribution is -2.08.